The Morgan fingerprint density at radius 1 is 1.70 bits per heavy atom. The van der Waals surface area contributed by atoms with Crippen molar-refractivity contribution in [1.82, 2.24) is 9.55 Å². The summed E-state index contributed by atoms with van der Waals surface area (Å²) in [6, 6.07) is 0. The average Bonchev–Trinajstić information content (AvgIpc) is 2.33. The Morgan fingerprint density at radius 2 is 2.60 bits per heavy atom. The van der Waals surface area contributed by atoms with Crippen molar-refractivity contribution in [3.63, 3.8) is 0 Å². The van der Waals surface area contributed by atoms with Crippen LogP contribution in [-0.4, -0.2) is 20.8 Å². The molecule has 0 fully saturated rings. The zero-order chi connectivity index (χ0) is 6.97. The zero-order valence-corrected chi connectivity index (χ0v) is 5.70. The van der Waals surface area contributed by atoms with Crippen LogP contribution < -0.4 is 0 Å². The van der Waals surface area contributed by atoms with Crippen molar-refractivity contribution >= 4 is 0 Å². The second-order valence-electron chi connectivity index (χ2n) is 2.73. The van der Waals surface area contributed by atoms with Gasteiger partial charge in [-0.1, -0.05) is 0 Å². The van der Waals surface area contributed by atoms with Gasteiger partial charge in [0.15, 0.2) is 0 Å². The number of aliphatic hydroxyl groups is 1. The summed E-state index contributed by atoms with van der Waals surface area (Å²) in [7, 11) is 0. The third kappa shape index (κ3) is 0.827. The van der Waals surface area contributed by atoms with E-state index in [-0.39, 0.29) is 6.10 Å². The van der Waals surface area contributed by atoms with E-state index in [1.54, 1.807) is 6.33 Å². The number of nitrogens with zero attached hydrogens (tertiary/aromatic N) is 2. The van der Waals surface area contributed by atoms with Crippen molar-refractivity contribution in [3.05, 3.63) is 18.2 Å². The first kappa shape index (κ1) is 5.92. The van der Waals surface area contributed by atoms with Gasteiger partial charge >= 0.3 is 0 Å². The van der Waals surface area contributed by atoms with Gasteiger partial charge in [-0.05, 0) is 12.8 Å². The highest BCUT2D eigenvalue weighted by atomic mass is 16.3. The molecule has 1 aromatic heterocycles. The number of fused-ring (bicyclic) bond motifs is 1. The van der Waals surface area contributed by atoms with Crippen LogP contribution >= 0.6 is 0 Å². The third-order valence-corrected chi connectivity index (χ3v) is 1.94. The van der Waals surface area contributed by atoms with Gasteiger partial charge in [0.05, 0.1) is 12.4 Å². The molecule has 0 saturated heterocycles. The lowest BCUT2D eigenvalue weighted by Crippen LogP contribution is -2.23. The van der Waals surface area contributed by atoms with E-state index in [1.807, 2.05) is 10.8 Å². The first-order valence-electron chi connectivity index (χ1n) is 3.53. The Labute approximate surface area is 59.3 Å². The van der Waals surface area contributed by atoms with Crippen molar-refractivity contribution in [2.45, 2.75) is 25.5 Å². The Bertz CT molecular complexity index is 231. The molecule has 0 radical (unpaired) electrons. The normalized spacial score (nSPS) is 24.3. The maximum absolute atomic E-state index is 9.23. The molecule has 2 heterocycles. The summed E-state index contributed by atoms with van der Waals surface area (Å²) in [5.74, 6) is 0. The van der Waals surface area contributed by atoms with E-state index in [2.05, 4.69) is 4.98 Å². The van der Waals surface area contributed by atoms with Crippen molar-refractivity contribution in [3.8, 4) is 0 Å². The molecule has 1 atom stereocenters. The molecule has 3 nitrogen and oxygen atoms in total. The van der Waals surface area contributed by atoms with Crippen molar-refractivity contribution in [2.24, 2.45) is 0 Å². The van der Waals surface area contributed by atoms with Gasteiger partial charge in [0, 0.05) is 18.4 Å². The highest BCUT2D eigenvalue weighted by Crippen LogP contribution is 2.12. The van der Waals surface area contributed by atoms with Gasteiger partial charge < -0.3 is 9.67 Å². The number of imidazole rings is 1. The fraction of sp³-hybridized carbons (Fsp3) is 0.571. The average molecular weight is 138 g/mol. The van der Waals surface area contributed by atoms with Crippen LogP contribution in [0.4, 0.5) is 0 Å². The summed E-state index contributed by atoms with van der Waals surface area (Å²) in [5.41, 5.74) is 1.24. The number of aryl methyl sites for hydroxylation is 1. The number of aliphatic hydroxyl groups excluding tert-OH is 1. The van der Waals surface area contributed by atoms with Gasteiger partial charge in [-0.2, -0.15) is 0 Å². The first-order chi connectivity index (χ1) is 4.86. The molecule has 2 rings (SSSR count). The fourth-order valence-corrected chi connectivity index (χ4v) is 1.35. The molecule has 0 aromatic carbocycles. The van der Waals surface area contributed by atoms with Crippen LogP contribution in [0.5, 0.6) is 0 Å². The Kier molecular flexibility index (Phi) is 1.24. The monoisotopic (exact) mass is 138 g/mol. The van der Waals surface area contributed by atoms with Crippen LogP contribution in [0.25, 0.3) is 0 Å². The summed E-state index contributed by atoms with van der Waals surface area (Å²) in [6.07, 6.45) is 5.32. The maximum atomic E-state index is 9.23. The van der Waals surface area contributed by atoms with E-state index >= 15 is 0 Å². The van der Waals surface area contributed by atoms with Gasteiger partial charge in [-0.25, -0.2) is 4.98 Å². The lowest BCUT2D eigenvalue weighted by atomic mass is 10.1. The topological polar surface area (TPSA) is 38.1 Å². The maximum Gasteiger partial charge on any atom is 0.0949 e. The van der Waals surface area contributed by atoms with Crippen molar-refractivity contribution in [2.75, 3.05) is 0 Å². The summed E-state index contributed by atoms with van der Waals surface area (Å²) in [6.45, 7) is 0.718. The molecule has 1 aromatic rings. The number of hydrogen-bond donors (Lipinski definition) is 1. The van der Waals surface area contributed by atoms with Crippen LogP contribution in [0.3, 0.4) is 0 Å². The molecule has 3 heteroatoms. The third-order valence-electron chi connectivity index (χ3n) is 1.94. The highest BCUT2D eigenvalue weighted by molar-refractivity contribution is 5.01. The SMILES string of the molecule is OC1CCc2cncn2C1. The number of rotatable bonds is 0. The largest absolute Gasteiger partial charge is 0.391 e. The van der Waals surface area contributed by atoms with Crippen LogP contribution in [-0.2, 0) is 13.0 Å². The van der Waals surface area contributed by atoms with E-state index in [4.69, 9.17) is 0 Å². The molecule has 10 heavy (non-hydrogen) atoms. The minimum Gasteiger partial charge on any atom is -0.391 e. The summed E-state index contributed by atoms with van der Waals surface area (Å²) in [5, 5.41) is 9.23. The van der Waals surface area contributed by atoms with Gasteiger partial charge in [-0.3, -0.25) is 0 Å². The summed E-state index contributed by atoms with van der Waals surface area (Å²) < 4.78 is 2.01. The van der Waals surface area contributed by atoms with E-state index in [0.717, 1.165) is 19.4 Å². The lowest BCUT2D eigenvalue weighted by Gasteiger charge is -2.18. The van der Waals surface area contributed by atoms with Crippen LogP contribution in [0.15, 0.2) is 12.5 Å². The Hall–Kier alpha value is -0.830. The van der Waals surface area contributed by atoms with Crippen molar-refractivity contribution in [1.29, 1.82) is 0 Å². The van der Waals surface area contributed by atoms with Gasteiger partial charge in [0.2, 0.25) is 0 Å². The second-order valence-corrected chi connectivity index (χ2v) is 2.73. The molecule has 0 aliphatic carbocycles. The van der Waals surface area contributed by atoms with Crippen molar-refractivity contribution < 1.29 is 5.11 Å². The molecule has 0 amide bonds. The molecule has 1 aliphatic heterocycles. The van der Waals surface area contributed by atoms with Crippen LogP contribution in [0.1, 0.15) is 12.1 Å². The Morgan fingerprint density at radius 3 is 3.50 bits per heavy atom. The molecule has 0 bridgehead atoms. The Balaban J connectivity index is 2.30. The second kappa shape index (κ2) is 2.09. The van der Waals surface area contributed by atoms with E-state index in [9.17, 15) is 5.11 Å². The summed E-state index contributed by atoms with van der Waals surface area (Å²) in [4.78, 5) is 3.99. The van der Waals surface area contributed by atoms with Gasteiger partial charge in [0.1, 0.15) is 0 Å². The first-order valence-corrected chi connectivity index (χ1v) is 3.53. The summed E-state index contributed by atoms with van der Waals surface area (Å²) >= 11 is 0. The highest BCUT2D eigenvalue weighted by Gasteiger charge is 2.14. The van der Waals surface area contributed by atoms with E-state index in [0.29, 0.717) is 0 Å². The van der Waals surface area contributed by atoms with Gasteiger partial charge in [-0.15, -0.1) is 0 Å². The van der Waals surface area contributed by atoms with Crippen LogP contribution in [0.2, 0.25) is 0 Å². The molecular formula is C7H10N2O. The van der Waals surface area contributed by atoms with Crippen LogP contribution in [0, 0.1) is 0 Å². The minimum absolute atomic E-state index is 0.165. The molecule has 1 N–H and O–H groups in total. The molecule has 0 saturated carbocycles. The fourth-order valence-electron chi connectivity index (χ4n) is 1.35. The number of hydrogen-bond acceptors (Lipinski definition) is 2. The van der Waals surface area contributed by atoms with E-state index < -0.39 is 0 Å². The smallest absolute Gasteiger partial charge is 0.0949 e. The molecule has 1 aliphatic rings. The predicted octanol–water partition coefficient (Wildman–Crippen LogP) is 0.190. The van der Waals surface area contributed by atoms with Gasteiger partial charge in [0.25, 0.3) is 0 Å². The molecular weight excluding hydrogens is 128 g/mol. The lowest BCUT2D eigenvalue weighted by molar-refractivity contribution is 0.131. The minimum atomic E-state index is -0.165. The molecule has 0 spiro atoms. The zero-order valence-electron chi connectivity index (χ0n) is 5.70. The standard InChI is InChI=1S/C7H10N2O/c10-7-2-1-6-3-8-5-9(6)4-7/h3,5,7,10H,1-2,4H2. The predicted molar refractivity (Wildman–Crippen MR) is 36.6 cm³/mol. The molecule has 1 unspecified atom stereocenters. The van der Waals surface area contributed by atoms with E-state index in [1.165, 1.54) is 5.69 Å². The molecule has 54 valence electrons. The number of aromatic nitrogens is 2. The quantitative estimate of drug-likeness (QED) is 0.555.